The molecule has 1 rings (SSSR count). The lowest BCUT2D eigenvalue weighted by Gasteiger charge is -2.34. The number of halogens is 1. The molecular formula is C26H51ClO3S2. The first-order chi connectivity index (χ1) is 15.1. The van der Waals surface area contributed by atoms with E-state index in [1.807, 2.05) is 67.5 Å². The quantitative estimate of drug-likeness (QED) is 0.158. The highest BCUT2D eigenvalue weighted by molar-refractivity contribution is 8.59. The number of benzene rings is 1. The number of hydrogen-bond donors (Lipinski definition) is 2. The van der Waals surface area contributed by atoms with E-state index in [9.17, 15) is 4.79 Å². The number of carbonyl (C=O) groups is 1. The number of carbonyl (C=O) groups excluding carboxylic acids is 1. The van der Waals surface area contributed by atoms with Gasteiger partial charge in [-0.05, 0) is 77.1 Å². The summed E-state index contributed by atoms with van der Waals surface area (Å²) in [6.07, 6.45) is 2.95. The van der Waals surface area contributed by atoms with E-state index in [4.69, 9.17) is 21.1 Å². The van der Waals surface area contributed by atoms with Gasteiger partial charge in [0.1, 0.15) is 17.0 Å². The van der Waals surface area contributed by atoms with Crippen molar-refractivity contribution >= 4 is 40.9 Å². The van der Waals surface area contributed by atoms with Gasteiger partial charge in [-0.1, -0.05) is 55.4 Å². The Labute approximate surface area is 215 Å². The molecule has 0 saturated heterocycles. The number of hydrogen-bond acceptors (Lipinski definition) is 5. The van der Waals surface area contributed by atoms with Crippen LogP contribution in [0.5, 0.6) is 5.75 Å². The van der Waals surface area contributed by atoms with E-state index in [0.717, 1.165) is 30.9 Å². The number of thiol groups is 2. The molecule has 0 unspecified atom stereocenters. The molecule has 0 bridgehead atoms. The summed E-state index contributed by atoms with van der Waals surface area (Å²) in [5.41, 5.74) is -0.112. The van der Waals surface area contributed by atoms with Crippen molar-refractivity contribution < 1.29 is 14.3 Å². The van der Waals surface area contributed by atoms with Gasteiger partial charge < -0.3 is 9.47 Å². The van der Waals surface area contributed by atoms with Gasteiger partial charge >= 0.3 is 5.97 Å². The van der Waals surface area contributed by atoms with Crippen molar-refractivity contribution in [3.8, 4) is 5.75 Å². The summed E-state index contributed by atoms with van der Waals surface area (Å²) in [5.74, 6) is 1.72. The van der Waals surface area contributed by atoms with Crippen LogP contribution < -0.4 is 4.74 Å². The number of ether oxygens (including phenoxy) is 2. The molecule has 0 aromatic heterocycles. The molecule has 0 amide bonds. The zero-order valence-electron chi connectivity index (χ0n) is 22.7. The number of esters is 1. The van der Waals surface area contributed by atoms with E-state index in [1.54, 1.807) is 12.1 Å². The van der Waals surface area contributed by atoms with Crippen molar-refractivity contribution in [2.24, 2.45) is 5.92 Å². The van der Waals surface area contributed by atoms with Gasteiger partial charge in [-0.25, -0.2) is 4.79 Å². The summed E-state index contributed by atoms with van der Waals surface area (Å²) in [5, 5.41) is 0. The second-order valence-electron chi connectivity index (χ2n) is 7.51. The van der Waals surface area contributed by atoms with Crippen LogP contribution >= 0.6 is 34.9 Å². The van der Waals surface area contributed by atoms with Crippen molar-refractivity contribution in [1.29, 1.82) is 0 Å². The summed E-state index contributed by atoms with van der Waals surface area (Å²) in [6.45, 7) is 24.3. The van der Waals surface area contributed by atoms with E-state index in [1.165, 1.54) is 0 Å². The molecular weight excluding hydrogens is 460 g/mol. The first-order valence-corrected chi connectivity index (χ1v) is 14.0. The molecule has 1 aromatic rings. The minimum atomic E-state index is -0.441. The van der Waals surface area contributed by atoms with Crippen LogP contribution in [0.1, 0.15) is 113 Å². The third-order valence-corrected chi connectivity index (χ3v) is 4.66. The Morgan fingerprint density at radius 2 is 1.28 bits per heavy atom. The Bertz CT molecular complexity index is 528. The zero-order chi connectivity index (χ0) is 26.4. The lowest BCUT2D eigenvalue weighted by molar-refractivity contribution is -0.00244. The molecule has 0 heterocycles. The maximum Gasteiger partial charge on any atom is 0.338 e. The fraction of sp³-hybridized carbons (Fsp3) is 0.731. The maximum absolute atomic E-state index is 12.2. The van der Waals surface area contributed by atoms with E-state index in [-0.39, 0.29) is 11.6 Å². The topological polar surface area (TPSA) is 35.5 Å². The molecule has 0 aliphatic rings. The largest absolute Gasteiger partial charge is 0.488 e. The summed E-state index contributed by atoms with van der Waals surface area (Å²) < 4.78 is 11.7. The Kier molecular flexibility index (Phi) is 28.6. The molecule has 32 heavy (non-hydrogen) atoms. The minimum Gasteiger partial charge on any atom is -0.488 e. The molecule has 3 nitrogen and oxygen atoms in total. The number of alkyl halides is 1. The summed E-state index contributed by atoms with van der Waals surface area (Å²) in [4.78, 5) is 12.2. The standard InChI is InChI=1S/C20H32O3.C2H5Cl.2C2H6.H2S2/c1-8-16(9-2)20(6,7)22-17-13-11-15(12-14-17)18(21)23-19(4,5)10-3;1-2-3;3*1-2/h11-14,16H,8-10H2,1-7H3;2H2,1H3;2*1-2H3;1-2H. The second kappa shape index (κ2) is 23.6. The van der Waals surface area contributed by atoms with Gasteiger partial charge in [0.2, 0.25) is 0 Å². The number of rotatable bonds is 8. The first-order valence-electron chi connectivity index (χ1n) is 11.8. The van der Waals surface area contributed by atoms with Crippen LogP contribution in [0.15, 0.2) is 24.3 Å². The summed E-state index contributed by atoms with van der Waals surface area (Å²) >= 11 is 11.4. The molecule has 1 aromatic carbocycles. The van der Waals surface area contributed by atoms with Crippen molar-refractivity contribution in [1.82, 2.24) is 0 Å². The highest BCUT2D eigenvalue weighted by Gasteiger charge is 2.29. The van der Waals surface area contributed by atoms with E-state index < -0.39 is 5.60 Å². The van der Waals surface area contributed by atoms with Gasteiger partial charge in [-0.15, -0.1) is 34.9 Å². The monoisotopic (exact) mass is 510 g/mol. The molecule has 0 atom stereocenters. The average Bonchev–Trinajstić information content (AvgIpc) is 2.79. The molecule has 192 valence electrons. The van der Waals surface area contributed by atoms with E-state index >= 15 is 0 Å². The lowest BCUT2D eigenvalue weighted by Crippen LogP contribution is -2.37. The van der Waals surface area contributed by atoms with E-state index in [0.29, 0.717) is 11.5 Å². The fourth-order valence-electron chi connectivity index (χ4n) is 2.70. The lowest BCUT2D eigenvalue weighted by atomic mass is 9.86. The average molecular weight is 511 g/mol. The molecule has 0 spiro atoms. The molecule has 0 saturated carbocycles. The van der Waals surface area contributed by atoms with Crippen molar-refractivity contribution in [3.63, 3.8) is 0 Å². The van der Waals surface area contributed by atoms with Crippen LogP contribution in [0, 0.1) is 5.92 Å². The van der Waals surface area contributed by atoms with Crippen LogP contribution in [0.2, 0.25) is 0 Å². The van der Waals surface area contributed by atoms with E-state index in [2.05, 4.69) is 51.0 Å². The fourth-order valence-corrected chi connectivity index (χ4v) is 2.70. The Morgan fingerprint density at radius 1 is 0.906 bits per heavy atom. The molecule has 6 heteroatoms. The van der Waals surface area contributed by atoms with Crippen molar-refractivity contribution in [2.45, 2.75) is 114 Å². The predicted molar refractivity (Wildman–Crippen MR) is 152 cm³/mol. The van der Waals surface area contributed by atoms with Crippen LogP contribution in [0.4, 0.5) is 0 Å². The molecule has 0 N–H and O–H groups in total. The molecule has 0 aliphatic heterocycles. The Balaban J connectivity index is -0.000000381. The maximum atomic E-state index is 12.2. The van der Waals surface area contributed by atoms with Gasteiger partial charge in [0.25, 0.3) is 0 Å². The van der Waals surface area contributed by atoms with Crippen LogP contribution in [-0.2, 0) is 4.74 Å². The smallest absolute Gasteiger partial charge is 0.338 e. The zero-order valence-corrected chi connectivity index (χ0v) is 25.3. The van der Waals surface area contributed by atoms with Crippen LogP contribution in [-0.4, -0.2) is 23.1 Å². The van der Waals surface area contributed by atoms with Crippen molar-refractivity contribution in [3.05, 3.63) is 29.8 Å². The molecule has 0 radical (unpaired) electrons. The molecule has 0 aliphatic carbocycles. The van der Waals surface area contributed by atoms with Gasteiger partial charge in [0.05, 0.1) is 5.56 Å². The Hall–Kier alpha value is -0.520. The highest BCUT2D eigenvalue weighted by atomic mass is 35.5. The van der Waals surface area contributed by atoms with Crippen LogP contribution in [0.25, 0.3) is 0 Å². The van der Waals surface area contributed by atoms with Gasteiger partial charge in [-0.2, -0.15) is 0 Å². The van der Waals surface area contributed by atoms with Crippen LogP contribution in [0.3, 0.4) is 0 Å². The van der Waals surface area contributed by atoms with Gasteiger partial charge in [0, 0.05) is 5.88 Å². The third-order valence-electron chi connectivity index (χ3n) is 4.66. The summed E-state index contributed by atoms with van der Waals surface area (Å²) in [7, 11) is 0. The van der Waals surface area contributed by atoms with Crippen molar-refractivity contribution in [2.75, 3.05) is 5.88 Å². The highest BCUT2D eigenvalue weighted by Crippen LogP contribution is 2.29. The second-order valence-corrected chi connectivity index (χ2v) is 8.05. The predicted octanol–water partition coefficient (Wildman–Crippen LogP) is 9.68. The molecule has 0 fully saturated rings. The first kappa shape index (κ1) is 38.7. The summed E-state index contributed by atoms with van der Waals surface area (Å²) in [6, 6.07) is 7.23. The Morgan fingerprint density at radius 3 is 1.59 bits per heavy atom. The third kappa shape index (κ3) is 18.0. The van der Waals surface area contributed by atoms with Gasteiger partial charge in [0.15, 0.2) is 0 Å². The normalized spacial score (nSPS) is 10.0. The SMILES string of the molecule is CC.CC.CCC(CC)C(C)(C)Oc1ccc(C(=O)OC(C)(C)CC)cc1.CCCl.SS. The van der Waals surface area contributed by atoms with Gasteiger partial charge in [-0.3, -0.25) is 0 Å². The minimum absolute atomic E-state index is 0.226.